The van der Waals surface area contributed by atoms with Gasteiger partial charge in [0.1, 0.15) is 0 Å². The quantitative estimate of drug-likeness (QED) is 0.228. The number of hydrogen-bond donors (Lipinski definition) is 1. The summed E-state index contributed by atoms with van der Waals surface area (Å²) in [4.78, 5) is 8.71. The second kappa shape index (κ2) is 21.7. The van der Waals surface area contributed by atoms with Crippen LogP contribution in [0.25, 0.3) is 0 Å². The first-order chi connectivity index (χ1) is 10.3. The minimum absolute atomic E-state index is 0. The van der Waals surface area contributed by atoms with E-state index in [-0.39, 0.29) is 17.4 Å². The van der Waals surface area contributed by atoms with Gasteiger partial charge in [0.2, 0.25) is 0 Å². The predicted molar refractivity (Wildman–Crippen MR) is 95.6 cm³/mol. The van der Waals surface area contributed by atoms with Gasteiger partial charge in [0, 0.05) is 23.5 Å². The van der Waals surface area contributed by atoms with E-state index in [9.17, 15) is 4.57 Å². The second-order valence-corrected chi connectivity index (χ2v) is 7.73. The molecule has 0 aliphatic rings. The van der Waals surface area contributed by atoms with Crippen molar-refractivity contribution in [3.63, 3.8) is 0 Å². The standard InChI is InChI=1S/C18H39O2P.Cr/c1-2-3-4-5-6-7-8-9-10-11-12-13-14-15-16-17-18-21(19)20;/h21H,2-18H2,1H3,(H,19,20);. The molecule has 22 heavy (non-hydrogen) atoms. The summed E-state index contributed by atoms with van der Waals surface area (Å²) >= 11 is 0. The van der Waals surface area contributed by atoms with Gasteiger partial charge in [0.15, 0.2) is 8.03 Å². The molecule has 0 spiro atoms. The van der Waals surface area contributed by atoms with Crippen LogP contribution in [0.2, 0.25) is 0 Å². The molecule has 0 rings (SSSR count). The zero-order valence-electron chi connectivity index (χ0n) is 14.8. The minimum atomic E-state index is -2.20. The molecule has 134 valence electrons. The van der Waals surface area contributed by atoms with E-state index in [1.807, 2.05) is 0 Å². The first-order valence-electron chi connectivity index (χ1n) is 9.49. The van der Waals surface area contributed by atoms with Gasteiger partial charge in [-0.05, 0) is 6.42 Å². The van der Waals surface area contributed by atoms with Gasteiger partial charge in [-0.2, -0.15) is 0 Å². The molecule has 1 N–H and O–H groups in total. The summed E-state index contributed by atoms with van der Waals surface area (Å²) in [5.74, 6) is 0. The Morgan fingerprint density at radius 2 is 0.864 bits per heavy atom. The SMILES string of the molecule is CCCCCCCCCCCCCCCCCC[PH](=O)O.[Cr]. The molecule has 1 unspecified atom stereocenters. The molecule has 0 aromatic heterocycles. The molecule has 0 aromatic carbocycles. The Morgan fingerprint density at radius 3 is 1.14 bits per heavy atom. The molecule has 0 amide bonds. The molecule has 2 nitrogen and oxygen atoms in total. The van der Waals surface area contributed by atoms with Gasteiger partial charge in [-0.25, -0.2) is 0 Å². The molecule has 0 fully saturated rings. The number of rotatable bonds is 17. The third-order valence-corrected chi connectivity index (χ3v) is 5.03. The Bertz CT molecular complexity index is 225. The van der Waals surface area contributed by atoms with E-state index < -0.39 is 8.03 Å². The van der Waals surface area contributed by atoms with Gasteiger partial charge >= 0.3 is 0 Å². The molecule has 0 radical (unpaired) electrons. The van der Waals surface area contributed by atoms with Crippen LogP contribution in [-0.4, -0.2) is 11.1 Å². The molecule has 1 atom stereocenters. The van der Waals surface area contributed by atoms with Crippen LogP contribution in [0.5, 0.6) is 0 Å². The molecular weight excluding hydrogens is 331 g/mol. The molecule has 0 aliphatic heterocycles. The van der Waals surface area contributed by atoms with Crippen molar-refractivity contribution in [1.29, 1.82) is 0 Å². The van der Waals surface area contributed by atoms with E-state index in [2.05, 4.69) is 6.92 Å². The van der Waals surface area contributed by atoms with Crippen LogP contribution in [0.3, 0.4) is 0 Å². The molecule has 0 saturated carbocycles. The maximum Gasteiger partial charge on any atom is 0.189 e. The van der Waals surface area contributed by atoms with Gasteiger partial charge < -0.3 is 4.89 Å². The molecule has 4 heteroatoms. The normalized spacial score (nSPS) is 12.1. The summed E-state index contributed by atoms with van der Waals surface area (Å²) in [6.45, 7) is 2.28. The topological polar surface area (TPSA) is 37.3 Å². The number of hydrogen-bond acceptors (Lipinski definition) is 1. The fourth-order valence-corrected chi connectivity index (χ4v) is 3.38. The van der Waals surface area contributed by atoms with Crippen molar-refractivity contribution >= 4 is 8.03 Å². The van der Waals surface area contributed by atoms with Crippen molar-refractivity contribution < 1.29 is 26.8 Å². The van der Waals surface area contributed by atoms with Crippen molar-refractivity contribution in [2.24, 2.45) is 0 Å². The largest absolute Gasteiger partial charge is 0.346 e. The van der Waals surface area contributed by atoms with Crippen LogP contribution < -0.4 is 0 Å². The van der Waals surface area contributed by atoms with Gasteiger partial charge in [-0.1, -0.05) is 103 Å². The van der Waals surface area contributed by atoms with Crippen molar-refractivity contribution in [3.05, 3.63) is 0 Å². The van der Waals surface area contributed by atoms with Gasteiger partial charge in [-0.15, -0.1) is 0 Å². The third kappa shape index (κ3) is 23.0. The van der Waals surface area contributed by atoms with Crippen LogP contribution in [0.4, 0.5) is 0 Å². The van der Waals surface area contributed by atoms with Crippen molar-refractivity contribution in [3.8, 4) is 0 Å². The van der Waals surface area contributed by atoms with E-state index in [0.29, 0.717) is 6.16 Å². The van der Waals surface area contributed by atoms with Crippen LogP contribution in [0.15, 0.2) is 0 Å². The molecule has 0 bridgehead atoms. The zero-order valence-corrected chi connectivity index (χ0v) is 17.1. The van der Waals surface area contributed by atoms with Crippen molar-refractivity contribution in [2.45, 2.75) is 110 Å². The Morgan fingerprint density at radius 1 is 0.591 bits per heavy atom. The molecule has 0 saturated heterocycles. The van der Waals surface area contributed by atoms with Crippen molar-refractivity contribution in [2.75, 3.05) is 6.16 Å². The molecule has 0 heterocycles. The Balaban J connectivity index is 0. The summed E-state index contributed by atoms with van der Waals surface area (Å²) in [6.07, 6.45) is 22.1. The summed E-state index contributed by atoms with van der Waals surface area (Å²) in [5, 5.41) is 0. The molecule has 0 aromatic rings. The van der Waals surface area contributed by atoms with Crippen molar-refractivity contribution in [1.82, 2.24) is 0 Å². The van der Waals surface area contributed by atoms with Gasteiger partial charge in [0.25, 0.3) is 0 Å². The summed E-state index contributed by atoms with van der Waals surface area (Å²) < 4.78 is 10.5. The first-order valence-corrected chi connectivity index (χ1v) is 11.1. The second-order valence-electron chi connectivity index (χ2n) is 6.45. The maximum absolute atomic E-state index is 10.5. The third-order valence-electron chi connectivity index (χ3n) is 4.24. The van der Waals surface area contributed by atoms with Crippen LogP contribution in [0, 0.1) is 0 Å². The van der Waals surface area contributed by atoms with Crippen LogP contribution in [-0.2, 0) is 21.9 Å². The Kier molecular flexibility index (Phi) is 24.7. The van der Waals surface area contributed by atoms with E-state index in [1.54, 1.807) is 0 Å². The predicted octanol–water partition coefficient (Wildman–Crippen LogP) is 6.71. The van der Waals surface area contributed by atoms with E-state index >= 15 is 0 Å². The van der Waals surface area contributed by atoms with Gasteiger partial charge in [-0.3, -0.25) is 4.57 Å². The van der Waals surface area contributed by atoms with Crippen LogP contribution in [0.1, 0.15) is 110 Å². The molecule has 0 aliphatic carbocycles. The fourth-order valence-electron chi connectivity index (χ4n) is 2.82. The average Bonchev–Trinajstić information content (AvgIpc) is 2.46. The Hall–Kier alpha value is 0.722. The summed E-state index contributed by atoms with van der Waals surface area (Å²) in [7, 11) is -2.20. The van der Waals surface area contributed by atoms with E-state index in [1.165, 1.54) is 89.9 Å². The summed E-state index contributed by atoms with van der Waals surface area (Å²) in [5.41, 5.74) is 0. The molecular formula is C18H39CrO2P. The van der Waals surface area contributed by atoms with E-state index in [4.69, 9.17) is 4.89 Å². The fraction of sp³-hybridized carbons (Fsp3) is 1.00. The van der Waals surface area contributed by atoms with Crippen LogP contribution >= 0.6 is 8.03 Å². The number of unbranched alkanes of at least 4 members (excludes halogenated alkanes) is 15. The summed E-state index contributed by atoms with van der Waals surface area (Å²) in [6, 6.07) is 0. The average molecular weight is 370 g/mol. The Labute approximate surface area is 150 Å². The maximum atomic E-state index is 10.5. The van der Waals surface area contributed by atoms with Gasteiger partial charge in [0.05, 0.1) is 0 Å². The minimum Gasteiger partial charge on any atom is -0.346 e. The van der Waals surface area contributed by atoms with E-state index in [0.717, 1.165) is 12.8 Å². The first kappa shape index (κ1) is 25.0. The smallest absolute Gasteiger partial charge is 0.189 e. The monoisotopic (exact) mass is 370 g/mol. The zero-order chi connectivity index (χ0) is 15.6.